The molecule has 0 aliphatic heterocycles. The number of nitrogens with zero attached hydrogens (tertiary/aromatic N) is 3. The summed E-state index contributed by atoms with van der Waals surface area (Å²) in [6.45, 7) is 4.14. The lowest BCUT2D eigenvalue weighted by molar-refractivity contribution is -0.385. The summed E-state index contributed by atoms with van der Waals surface area (Å²) in [4.78, 5) is 26.5. The van der Waals surface area contributed by atoms with E-state index in [0.717, 1.165) is 5.56 Å². The van der Waals surface area contributed by atoms with E-state index in [-0.39, 0.29) is 18.2 Å². The van der Waals surface area contributed by atoms with Crippen molar-refractivity contribution >= 4 is 17.3 Å². The van der Waals surface area contributed by atoms with E-state index in [0.29, 0.717) is 23.7 Å². The maximum absolute atomic E-state index is 11.6. The fraction of sp³-hybridized carbons (Fsp3) is 0.263. The number of imidazole rings is 1. The van der Waals surface area contributed by atoms with Crippen molar-refractivity contribution in [2.75, 3.05) is 13.2 Å². The molecule has 0 aliphatic rings. The van der Waals surface area contributed by atoms with Gasteiger partial charge in [0.2, 0.25) is 0 Å². The van der Waals surface area contributed by atoms with Gasteiger partial charge >= 0.3 is 5.97 Å². The highest BCUT2D eigenvalue weighted by Crippen LogP contribution is 2.23. The van der Waals surface area contributed by atoms with Crippen molar-refractivity contribution in [3.63, 3.8) is 0 Å². The van der Waals surface area contributed by atoms with Crippen molar-refractivity contribution in [2.45, 2.75) is 13.8 Å². The fourth-order valence-corrected chi connectivity index (χ4v) is 2.39. The van der Waals surface area contributed by atoms with Gasteiger partial charge in [-0.05, 0) is 36.2 Å². The van der Waals surface area contributed by atoms with Crippen LogP contribution in [0.3, 0.4) is 0 Å². The van der Waals surface area contributed by atoms with Crippen molar-refractivity contribution < 1.29 is 19.2 Å². The maximum Gasteiger partial charge on any atom is 0.344 e. The molecule has 0 saturated carbocycles. The van der Waals surface area contributed by atoms with Crippen LogP contribution in [-0.4, -0.2) is 33.5 Å². The number of ether oxygens (including phenoxy) is 2. The number of benzene rings is 1. The molecule has 0 N–H and O–H groups in total. The number of esters is 1. The van der Waals surface area contributed by atoms with Crippen LogP contribution in [0, 0.1) is 16.0 Å². The van der Waals surface area contributed by atoms with E-state index >= 15 is 0 Å². The summed E-state index contributed by atoms with van der Waals surface area (Å²) >= 11 is 0. The van der Waals surface area contributed by atoms with Crippen LogP contribution in [0.25, 0.3) is 16.9 Å². The Kier molecular flexibility index (Phi) is 5.35. The predicted molar refractivity (Wildman–Crippen MR) is 98.6 cm³/mol. The van der Waals surface area contributed by atoms with E-state index in [1.54, 1.807) is 28.8 Å². The van der Waals surface area contributed by atoms with Crippen LogP contribution in [0.5, 0.6) is 5.75 Å². The molecule has 27 heavy (non-hydrogen) atoms. The zero-order valence-electron chi connectivity index (χ0n) is 15.0. The molecule has 0 saturated heterocycles. The highest BCUT2D eigenvalue weighted by atomic mass is 16.6. The Bertz CT molecular complexity index is 963. The van der Waals surface area contributed by atoms with Crippen molar-refractivity contribution in [3.8, 4) is 17.0 Å². The normalized spacial score (nSPS) is 10.9. The Morgan fingerprint density at radius 1 is 1.19 bits per heavy atom. The molecule has 0 aliphatic carbocycles. The number of carbonyl (C=O) groups excluding carboxylic acids is 1. The molecule has 0 spiro atoms. The van der Waals surface area contributed by atoms with E-state index < -0.39 is 10.9 Å². The summed E-state index contributed by atoms with van der Waals surface area (Å²) in [7, 11) is 0. The minimum absolute atomic E-state index is 0.000416. The molecule has 0 atom stereocenters. The molecular formula is C19H19N3O5. The van der Waals surface area contributed by atoms with E-state index in [2.05, 4.69) is 4.98 Å². The summed E-state index contributed by atoms with van der Waals surface area (Å²) in [5, 5.41) is 10.9. The van der Waals surface area contributed by atoms with Gasteiger partial charge in [-0.25, -0.2) is 9.78 Å². The van der Waals surface area contributed by atoms with E-state index in [1.165, 1.54) is 12.3 Å². The minimum atomic E-state index is -0.447. The SMILES string of the molecule is CC(C)COC(=O)COc1ccc(-c2cn3cc([N+](=O)[O-])ccc3n2)cc1. The predicted octanol–water partition coefficient (Wildman–Crippen LogP) is 3.49. The van der Waals surface area contributed by atoms with Crippen LogP contribution in [0.4, 0.5) is 5.69 Å². The first-order valence-corrected chi connectivity index (χ1v) is 8.44. The number of hydrogen-bond donors (Lipinski definition) is 0. The molecular weight excluding hydrogens is 350 g/mol. The molecule has 140 valence electrons. The second-order valence-corrected chi connectivity index (χ2v) is 6.43. The average molecular weight is 369 g/mol. The fourth-order valence-electron chi connectivity index (χ4n) is 2.39. The van der Waals surface area contributed by atoms with Gasteiger partial charge in [-0.1, -0.05) is 13.8 Å². The van der Waals surface area contributed by atoms with Gasteiger partial charge in [0.05, 0.1) is 23.4 Å². The Balaban J connectivity index is 1.67. The zero-order valence-corrected chi connectivity index (χ0v) is 15.0. The summed E-state index contributed by atoms with van der Waals surface area (Å²) in [6.07, 6.45) is 3.15. The maximum atomic E-state index is 11.6. The van der Waals surface area contributed by atoms with Crippen LogP contribution in [0.2, 0.25) is 0 Å². The molecule has 8 heteroatoms. The van der Waals surface area contributed by atoms with E-state index in [1.807, 2.05) is 26.0 Å². The Hall–Kier alpha value is -3.42. The van der Waals surface area contributed by atoms with Gasteiger partial charge in [0.25, 0.3) is 5.69 Å². The standard InChI is InChI=1S/C19H19N3O5/c1-13(2)11-27-19(23)12-26-16-6-3-14(4-7-16)17-10-21-9-15(22(24)25)5-8-18(21)20-17/h3-10,13H,11-12H2,1-2H3. The van der Waals surface area contributed by atoms with Crippen LogP contribution in [0.15, 0.2) is 48.8 Å². The topological polar surface area (TPSA) is 96.0 Å². The molecule has 3 rings (SSSR count). The Morgan fingerprint density at radius 3 is 2.59 bits per heavy atom. The highest BCUT2D eigenvalue weighted by Gasteiger charge is 2.10. The first-order chi connectivity index (χ1) is 12.9. The number of rotatable bonds is 7. The second kappa shape index (κ2) is 7.86. The molecule has 0 bridgehead atoms. The van der Waals surface area contributed by atoms with Gasteiger partial charge in [-0.15, -0.1) is 0 Å². The van der Waals surface area contributed by atoms with Gasteiger partial charge in [0, 0.05) is 17.8 Å². The third kappa shape index (κ3) is 4.60. The first-order valence-electron chi connectivity index (χ1n) is 8.44. The van der Waals surface area contributed by atoms with Crippen molar-refractivity contribution in [2.24, 2.45) is 5.92 Å². The quantitative estimate of drug-likeness (QED) is 0.359. The number of fused-ring (bicyclic) bond motifs is 1. The summed E-state index contributed by atoms with van der Waals surface area (Å²) < 4.78 is 12.1. The van der Waals surface area contributed by atoms with Gasteiger partial charge < -0.3 is 9.47 Å². The Labute approximate surface area is 155 Å². The number of hydrogen-bond acceptors (Lipinski definition) is 6. The molecule has 0 amide bonds. The van der Waals surface area contributed by atoms with Crippen LogP contribution in [-0.2, 0) is 9.53 Å². The Morgan fingerprint density at radius 2 is 1.93 bits per heavy atom. The van der Waals surface area contributed by atoms with Gasteiger partial charge in [-0.3, -0.25) is 14.5 Å². The monoisotopic (exact) mass is 369 g/mol. The van der Waals surface area contributed by atoms with Crippen molar-refractivity contribution in [1.29, 1.82) is 0 Å². The van der Waals surface area contributed by atoms with Crippen LogP contribution < -0.4 is 4.74 Å². The second-order valence-electron chi connectivity index (χ2n) is 6.43. The van der Waals surface area contributed by atoms with Crippen LogP contribution >= 0.6 is 0 Å². The summed E-state index contributed by atoms with van der Waals surface area (Å²) in [5.74, 6) is 0.412. The summed E-state index contributed by atoms with van der Waals surface area (Å²) in [5.41, 5.74) is 2.12. The molecule has 3 aromatic rings. The molecule has 0 fully saturated rings. The lowest BCUT2D eigenvalue weighted by atomic mass is 10.2. The first kappa shape index (κ1) is 18.4. The smallest absolute Gasteiger partial charge is 0.344 e. The highest BCUT2D eigenvalue weighted by molar-refractivity contribution is 5.71. The van der Waals surface area contributed by atoms with Crippen molar-refractivity contribution in [3.05, 3.63) is 58.9 Å². The van der Waals surface area contributed by atoms with Gasteiger partial charge in [0.1, 0.15) is 11.4 Å². The number of nitro groups is 1. The van der Waals surface area contributed by atoms with Crippen molar-refractivity contribution in [1.82, 2.24) is 9.38 Å². The zero-order chi connectivity index (χ0) is 19.4. The number of pyridine rings is 1. The lowest BCUT2D eigenvalue weighted by Crippen LogP contribution is -2.17. The van der Waals surface area contributed by atoms with Crippen LogP contribution in [0.1, 0.15) is 13.8 Å². The minimum Gasteiger partial charge on any atom is -0.482 e. The summed E-state index contributed by atoms with van der Waals surface area (Å²) in [6, 6.07) is 10.1. The average Bonchev–Trinajstić information content (AvgIpc) is 3.08. The van der Waals surface area contributed by atoms with E-state index in [9.17, 15) is 14.9 Å². The van der Waals surface area contributed by atoms with Gasteiger partial charge in [0.15, 0.2) is 6.61 Å². The molecule has 0 radical (unpaired) electrons. The van der Waals surface area contributed by atoms with E-state index in [4.69, 9.17) is 9.47 Å². The molecule has 2 aromatic heterocycles. The van der Waals surface area contributed by atoms with Gasteiger partial charge in [-0.2, -0.15) is 0 Å². The lowest BCUT2D eigenvalue weighted by Gasteiger charge is -2.08. The molecule has 0 unspecified atom stereocenters. The molecule has 2 heterocycles. The molecule has 1 aromatic carbocycles. The number of carbonyl (C=O) groups is 1. The third-order valence-electron chi connectivity index (χ3n) is 3.73. The third-order valence-corrected chi connectivity index (χ3v) is 3.73. The largest absolute Gasteiger partial charge is 0.482 e. The number of aromatic nitrogens is 2. The molecule has 8 nitrogen and oxygen atoms in total.